The molecule has 3 heterocycles. The van der Waals surface area contributed by atoms with Gasteiger partial charge >= 0.3 is 0 Å². The predicted octanol–water partition coefficient (Wildman–Crippen LogP) is 2.17. The van der Waals surface area contributed by atoms with Gasteiger partial charge in [-0.05, 0) is 25.5 Å². The fraction of sp³-hybridized carbons (Fsp3) is 0.471. The summed E-state index contributed by atoms with van der Waals surface area (Å²) < 4.78 is 23.3. The molecule has 6 nitrogen and oxygen atoms in total. The fourth-order valence-corrected chi connectivity index (χ4v) is 5.60. The van der Waals surface area contributed by atoms with Crippen molar-refractivity contribution in [3.8, 4) is 11.4 Å². The van der Waals surface area contributed by atoms with E-state index in [1.807, 2.05) is 30.5 Å². The van der Waals surface area contributed by atoms with Crippen LogP contribution in [0.2, 0.25) is 0 Å². The summed E-state index contributed by atoms with van der Waals surface area (Å²) in [6.45, 7) is 2.43. The Hall–Kier alpha value is -1.80. The van der Waals surface area contributed by atoms with Crippen LogP contribution in [0.4, 0.5) is 0 Å². The first-order valence-electron chi connectivity index (χ1n) is 8.34. The lowest BCUT2D eigenvalue weighted by molar-refractivity contribution is -0.132. The number of pyridine rings is 1. The molecular formula is C17H21N3O3S2. The maximum Gasteiger partial charge on any atom is 0.223 e. The van der Waals surface area contributed by atoms with Crippen molar-refractivity contribution in [2.45, 2.75) is 32.2 Å². The molecule has 0 saturated carbocycles. The highest BCUT2D eigenvalue weighted by Crippen LogP contribution is 2.22. The fourth-order valence-electron chi connectivity index (χ4n) is 3.07. The number of aromatic nitrogens is 2. The van der Waals surface area contributed by atoms with Gasteiger partial charge in [0.15, 0.2) is 9.84 Å². The Kier molecular flexibility index (Phi) is 5.48. The summed E-state index contributed by atoms with van der Waals surface area (Å²) >= 11 is 1.52. The summed E-state index contributed by atoms with van der Waals surface area (Å²) in [7, 11) is -2.99. The van der Waals surface area contributed by atoms with Crippen LogP contribution < -0.4 is 0 Å². The van der Waals surface area contributed by atoms with Crippen molar-refractivity contribution in [3.63, 3.8) is 0 Å². The highest BCUT2D eigenvalue weighted by atomic mass is 32.2. The lowest BCUT2D eigenvalue weighted by atomic mass is 10.2. The molecule has 8 heteroatoms. The molecule has 1 aliphatic rings. The number of hydrogen-bond donors (Lipinski definition) is 0. The van der Waals surface area contributed by atoms with Crippen LogP contribution in [0.1, 0.15) is 24.8 Å². The van der Waals surface area contributed by atoms with Crippen molar-refractivity contribution < 1.29 is 13.2 Å². The molecule has 1 unspecified atom stereocenters. The molecule has 25 heavy (non-hydrogen) atoms. The Balaban J connectivity index is 1.59. The lowest BCUT2D eigenvalue weighted by Crippen LogP contribution is -2.41. The van der Waals surface area contributed by atoms with Crippen molar-refractivity contribution in [2.24, 2.45) is 0 Å². The Morgan fingerprint density at radius 1 is 1.36 bits per heavy atom. The largest absolute Gasteiger partial charge is 0.339 e. The third kappa shape index (κ3) is 4.43. The first-order chi connectivity index (χ1) is 12.0. The minimum absolute atomic E-state index is 0.000754. The second-order valence-electron chi connectivity index (χ2n) is 6.08. The zero-order chi connectivity index (χ0) is 17.9. The van der Waals surface area contributed by atoms with Crippen LogP contribution in [0.25, 0.3) is 11.4 Å². The van der Waals surface area contributed by atoms with Crippen LogP contribution >= 0.6 is 11.3 Å². The van der Waals surface area contributed by atoms with E-state index in [0.717, 1.165) is 16.4 Å². The smallest absolute Gasteiger partial charge is 0.223 e. The molecule has 0 aromatic carbocycles. The van der Waals surface area contributed by atoms with E-state index in [1.165, 1.54) is 11.3 Å². The zero-order valence-corrected chi connectivity index (χ0v) is 15.7. The van der Waals surface area contributed by atoms with Gasteiger partial charge in [-0.2, -0.15) is 0 Å². The zero-order valence-electron chi connectivity index (χ0n) is 14.1. The van der Waals surface area contributed by atoms with Gasteiger partial charge in [-0.3, -0.25) is 9.78 Å². The van der Waals surface area contributed by atoms with Gasteiger partial charge in [-0.15, -0.1) is 11.3 Å². The molecule has 134 valence electrons. The number of hydrogen-bond acceptors (Lipinski definition) is 6. The summed E-state index contributed by atoms with van der Waals surface area (Å²) in [5.41, 5.74) is 1.64. The third-order valence-corrected chi connectivity index (χ3v) is 7.00. The standard InChI is InChI=1S/C17H21N3O3S2/c1-2-20(13-8-10-25(22,23)12-13)17(21)7-6-16-19-15(11-24-16)14-5-3-4-9-18-14/h3-5,9,11,13H,2,6-8,10,12H2,1H3. The summed E-state index contributed by atoms with van der Waals surface area (Å²) in [5.74, 6) is 0.272. The van der Waals surface area contributed by atoms with Gasteiger partial charge in [0.1, 0.15) is 0 Å². The number of carbonyl (C=O) groups is 1. The molecule has 1 fully saturated rings. The number of carbonyl (C=O) groups excluding carboxylic acids is 1. The van der Waals surface area contributed by atoms with Gasteiger partial charge in [0.25, 0.3) is 0 Å². The molecule has 3 rings (SSSR count). The minimum atomic E-state index is -2.99. The maximum absolute atomic E-state index is 12.5. The van der Waals surface area contributed by atoms with Crippen molar-refractivity contribution >= 4 is 27.1 Å². The van der Waals surface area contributed by atoms with E-state index >= 15 is 0 Å². The Morgan fingerprint density at radius 3 is 2.84 bits per heavy atom. The Morgan fingerprint density at radius 2 is 2.20 bits per heavy atom. The number of aryl methyl sites for hydroxylation is 1. The average Bonchev–Trinajstić information content (AvgIpc) is 3.21. The average molecular weight is 380 g/mol. The monoisotopic (exact) mass is 379 g/mol. The first-order valence-corrected chi connectivity index (χ1v) is 11.0. The number of thiazole rings is 1. The van der Waals surface area contributed by atoms with E-state index < -0.39 is 9.84 Å². The molecule has 1 amide bonds. The minimum Gasteiger partial charge on any atom is -0.339 e. The molecule has 2 aromatic rings. The van der Waals surface area contributed by atoms with E-state index in [1.54, 1.807) is 11.1 Å². The summed E-state index contributed by atoms with van der Waals surface area (Å²) in [6.07, 6.45) is 3.18. The van der Waals surface area contributed by atoms with Crippen LogP contribution in [0.15, 0.2) is 29.8 Å². The second-order valence-corrected chi connectivity index (χ2v) is 9.25. The van der Waals surface area contributed by atoms with Gasteiger partial charge < -0.3 is 4.90 Å². The molecule has 0 N–H and O–H groups in total. The van der Waals surface area contributed by atoms with E-state index in [2.05, 4.69) is 9.97 Å². The lowest BCUT2D eigenvalue weighted by Gasteiger charge is -2.26. The summed E-state index contributed by atoms with van der Waals surface area (Å²) in [5, 5.41) is 2.84. The first kappa shape index (κ1) is 18.0. The Bertz CT molecular complexity index is 834. The molecule has 2 aromatic heterocycles. The topological polar surface area (TPSA) is 80.2 Å². The normalized spacial score (nSPS) is 19.0. The van der Waals surface area contributed by atoms with Gasteiger partial charge in [-0.25, -0.2) is 13.4 Å². The van der Waals surface area contributed by atoms with Crippen molar-refractivity contribution in [2.75, 3.05) is 18.1 Å². The summed E-state index contributed by atoms with van der Waals surface area (Å²) in [4.78, 5) is 23.0. The van der Waals surface area contributed by atoms with Crippen LogP contribution in [-0.4, -0.2) is 53.3 Å². The van der Waals surface area contributed by atoms with Crippen molar-refractivity contribution in [1.82, 2.24) is 14.9 Å². The SMILES string of the molecule is CCN(C(=O)CCc1nc(-c2ccccn2)cs1)C1CCS(=O)(=O)C1. The van der Waals surface area contributed by atoms with Gasteiger partial charge in [0.05, 0.1) is 27.9 Å². The maximum atomic E-state index is 12.5. The third-order valence-electron chi connectivity index (χ3n) is 4.34. The molecule has 0 radical (unpaired) electrons. The van der Waals surface area contributed by atoms with Crippen LogP contribution in [0.5, 0.6) is 0 Å². The van der Waals surface area contributed by atoms with E-state index in [9.17, 15) is 13.2 Å². The molecule has 0 spiro atoms. The predicted molar refractivity (Wildman–Crippen MR) is 98.1 cm³/mol. The van der Waals surface area contributed by atoms with Crippen molar-refractivity contribution in [1.29, 1.82) is 0 Å². The van der Waals surface area contributed by atoms with Gasteiger partial charge in [0.2, 0.25) is 5.91 Å². The Labute approximate surface area is 151 Å². The van der Waals surface area contributed by atoms with Crippen LogP contribution in [-0.2, 0) is 21.1 Å². The summed E-state index contributed by atoms with van der Waals surface area (Å²) in [6, 6.07) is 5.50. The molecule has 1 saturated heterocycles. The van der Waals surface area contributed by atoms with Crippen LogP contribution in [0, 0.1) is 0 Å². The highest BCUT2D eigenvalue weighted by molar-refractivity contribution is 7.91. The molecule has 0 bridgehead atoms. The molecule has 0 aliphatic carbocycles. The van der Waals surface area contributed by atoms with Gasteiger partial charge in [0, 0.05) is 37.0 Å². The molecular weight excluding hydrogens is 358 g/mol. The number of nitrogens with zero attached hydrogens (tertiary/aromatic N) is 3. The van der Waals surface area contributed by atoms with Gasteiger partial charge in [-0.1, -0.05) is 6.07 Å². The van der Waals surface area contributed by atoms with E-state index in [-0.39, 0.29) is 23.5 Å². The van der Waals surface area contributed by atoms with Crippen molar-refractivity contribution in [3.05, 3.63) is 34.8 Å². The quantitative estimate of drug-likeness (QED) is 0.768. The second kappa shape index (κ2) is 7.61. The highest BCUT2D eigenvalue weighted by Gasteiger charge is 2.33. The van der Waals surface area contributed by atoms with E-state index in [4.69, 9.17) is 0 Å². The molecule has 1 aliphatic heterocycles. The van der Waals surface area contributed by atoms with E-state index in [0.29, 0.717) is 25.8 Å². The molecule has 1 atom stereocenters. The number of rotatable bonds is 6. The van der Waals surface area contributed by atoms with Crippen LogP contribution in [0.3, 0.4) is 0 Å². The number of amides is 1. The number of sulfone groups is 1.